The van der Waals surface area contributed by atoms with Crippen LogP contribution in [0.15, 0.2) is 45.5 Å². The molecule has 0 amide bonds. The minimum atomic E-state index is -1.00. The number of H-pyrrole nitrogens is 1. The standard InChI is InChI=1S/C9H5BrN2.C8H5BrN2O2.2CH3F.2CH4/c1-11-9-5-8-6(2-3-12-8)4-7(9)10;1-5-3-6(9)7(10-2)4-8(5)11(12)13;2*1-2;;/h2-5,12H;3-4H,1H3;2*1H3;2*1H4/i;;1D;;1D;. The van der Waals surface area contributed by atoms with Crippen LogP contribution in [-0.4, -0.2) is 24.2 Å². The molecule has 0 saturated heterocycles. The van der Waals surface area contributed by atoms with Crippen LogP contribution in [0.3, 0.4) is 0 Å². The fourth-order valence-electron chi connectivity index (χ4n) is 2.08. The van der Waals surface area contributed by atoms with Gasteiger partial charge in [0, 0.05) is 33.7 Å². The number of alkyl halides is 2. The second-order valence-electron chi connectivity index (χ2n) is 4.94. The van der Waals surface area contributed by atoms with Crippen LogP contribution in [0.1, 0.15) is 23.1 Å². The van der Waals surface area contributed by atoms with Crippen LogP contribution in [0.4, 0.5) is 25.8 Å². The van der Waals surface area contributed by atoms with Crippen molar-refractivity contribution < 1.29 is 16.4 Å². The molecule has 0 atom stereocenters. The van der Waals surface area contributed by atoms with E-state index < -0.39 is 12.1 Å². The Balaban J connectivity index is -0.000000420. The maximum absolute atomic E-state index is 10.5. The van der Waals surface area contributed by atoms with Crippen LogP contribution in [0.5, 0.6) is 0 Å². The molecule has 3 aromatic rings. The van der Waals surface area contributed by atoms with E-state index in [0.717, 1.165) is 15.4 Å². The lowest BCUT2D eigenvalue weighted by atomic mass is 10.2. The number of nitro groups is 1. The van der Waals surface area contributed by atoms with Gasteiger partial charge >= 0.3 is 0 Å². The lowest BCUT2D eigenvalue weighted by Gasteiger charge is -1.99. The van der Waals surface area contributed by atoms with Crippen LogP contribution in [0.25, 0.3) is 20.6 Å². The average molecular weight is 564 g/mol. The normalized spacial score (nSPS) is 8.81. The third-order valence-corrected chi connectivity index (χ3v) is 4.59. The highest BCUT2D eigenvalue weighted by Crippen LogP contribution is 2.32. The van der Waals surface area contributed by atoms with Crippen LogP contribution < -0.4 is 0 Å². The topological polar surface area (TPSA) is 67.7 Å². The first-order valence-corrected chi connectivity index (χ1v) is 9.06. The van der Waals surface area contributed by atoms with Crippen molar-refractivity contribution in [3.05, 3.63) is 84.0 Å². The van der Waals surface area contributed by atoms with Crippen molar-refractivity contribution in [1.82, 2.24) is 4.98 Å². The Hall–Kier alpha value is -2.82. The number of fused-ring (bicyclic) bond motifs is 1. The second-order valence-corrected chi connectivity index (χ2v) is 6.65. The summed E-state index contributed by atoms with van der Waals surface area (Å²) < 4.78 is 32.2. The van der Waals surface area contributed by atoms with E-state index in [1.807, 2.05) is 24.4 Å². The Morgan fingerprint density at radius 3 is 2.06 bits per heavy atom. The summed E-state index contributed by atoms with van der Waals surface area (Å²) in [6.07, 6.45) is 1.87. The van der Waals surface area contributed by atoms with Gasteiger partial charge in [-0.2, -0.15) is 0 Å². The molecule has 0 unspecified atom stereocenters. The summed E-state index contributed by atoms with van der Waals surface area (Å²) in [5.74, 6) is 0. The Labute approximate surface area is 201 Å². The molecule has 10 heteroatoms. The molecule has 6 nitrogen and oxygen atoms in total. The number of benzene rings is 2. The highest BCUT2D eigenvalue weighted by Gasteiger charge is 2.13. The number of aromatic amines is 1. The summed E-state index contributed by atoms with van der Waals surface area (Å²) in [5, 5.41) is 11.6. The molecule has 0 saturated carbocycles. The van der Waals surface area contributed by atoms with Gasteiger partial charge in [-0.3, -0.25) is 18.9 Å². The van der Waals surface area contributed by atoms with Gasteiger partial charge in [0.05, 0.1) is 33.8 Å². The van der Waals surface area contributed by atoms with Gasteiger partial charge in [0.25, 0.3) is 5.69 Å². The molecule has 0 aliphatic rings. The van der Waals surface area contributed by atoms with Crippen LogP contribution in [0.2, 0.25) is 0 Å². The maximum Gasteiger partial charge on any atom is 0.262 e. The summed E-state index contributed by atoms with van der Waals surface area (Å²) in [7, 11) is 0.750. The molecule has 1 aromatic heterocycles. The molecule has 31 heavy (non-hydrogen) atoms. The number of aryl methyl sites for hydroxylation is 1. The molecule has 2 aromatic carbocycles. The molecule has 0 aliphatic heterocycles. The van der Waals surface area contributed by atoms with Crippen molar-refractivity contribution in [3.63, 3.8) is 0 Å². The predicted octanol–water partition coefficient (Wildman–Crippen LogP) is 9.14. The van der Waals surface area contributed by atoms with Gasteiger partial charge in [0.1, 0.15) is 0 Å². The zero-order valence-corrected chi connectivity index (χ0v) is 19.5. The molecule has 1 heterocycles. The van der Waals surface area contributed by atoms with Crippen molar-refractivity contribution in [2.24, 2.45) is 0 Å². The Kier molecular flexibility index (Phi) is 15.4. The van der Waals surface area contributed by atoms with E-state index in [0.29, 0.717) is 22.9 Å². The number of hydrogen-bond donors (Lipinski definition) is 1. The summed E-state index contributed by atoms with van der Waals surface area (Å²) in [5.41, 5.74) is 2.44. The first kappa shape index (κ1) is 28.2. The van der Waals surface area contributed by atoms with Gasteiger partial charge in [-0.25, -0.2) is 9.69 Å². The summed E-state index contributed by atoms with van der Waals surface area (Å²) >= 11 is 6.49. The summed E-state index contributed by atoms with van der Waals surface area (Å²) in [4.78, 5) is 19.6. The Morgan fingerprint density at radius 1 is 1.10 bits per heavy atom. The van der Waals surface area contributed by atoms with Crippen molar-refractivity contribution in [2.75, 3.05) is 14.3 Å². The van der Waals surface area contributed by atoms with Gasteiger partial charge in [-0.1, -0.05) is 46.7 Å². The molecule has 0 bridgehead atoms. The molecule has 0 fully saturated rings. The summed E-state index contributed by atoms with van der Waals surface area (Å²) in [6.45, 7) is 15.3. The number of hydrogen-bond acceptors (Lipinski definition) is 2. The number of nitro benzene ring substituents is 1. The van der Waals surface area contributed by atoms with E-state index in [4.69, 9.17) is 15.9 Å². The molecule has 0 aliphatic carbocycles. The fraction of sp³-hybridized carbons (Fsp3) is 0.238. The fourth-order valence-corrected chi connectivity index (χ4v) is 3.08. The first-order chi connectivity index (χ1) is 15.3. The number of nitrogens with zero attached hydrogens (tertiary/aromatic N) is 3. The van der Waals surface area contributed by atoms with Crippen molar-refractivity contribution in [3.8, 4) is 0 Å². The molecular weight excluding hydrogens is 538 g/mol. The molecule has 168 valence electrons. The predicted molar refractivity (Wildman–Crippen MR) is 132 cm³/mol. The maximum atomic E-state index is 10.5. The van der Waals surface area contributed by atoms with Gasteiger partial charge < -0.3 is 4.98 Å². The average Bonchev–Trinajstić information content (AvgIpc) is 3.24. The number of rotatable bonds is 1. The second kappa shape index (κ2) is 16.9. The zero-order valence-electron chi connectivity index (χ0n) is 18.3. The van der Waals surface area contributed by atoms with E-state index in [1.54, 1.807) is 13.0 Å². The third kappa shape index (κ3) is 9.24. The molecule has 3 rings (SSSR count). The Bertz CT molecular complexity index is 1080. The molecule has 0 spiro atoms. The number of halogens is 4. The molecule has 1 N–H and O–H groups in total. The van der Waals surface area contributed by atoms with E-state index in [2.05, 4.69) is 46.5 Å². The minimum Gasteiger partial charge on any atom is -0.362 e. The van der Waals surface area contributed by atoms with Gasteiger partial charge in [-0.15, -0.1) is 0 Å². The van der Waals surface area contributed by atoms with E-state index in [9.17, 15) is 18.9 Å². The van der Waals surface area contributed by atoms with Gasteiger partial charge in [-0.05, 0) is 36.6 Å². The summed E-state index contributed by atoms with van der Waals surface area (Å²) in [6, 6.07) is 8.61. The van der Waals surface area contributed by atoms with Gasteiger partial charge in [0.2, 0.25) is 11.4 Å². The minimum absolute atomic E-state index is 0. The van der Waals surface area contributed by atoms with E-state index >= 15 is 0 Å². The monoisotopic (exact) mass is 562 g/mol. The number of nitrogens with one attached hydrogen (secondary N) is 1. The zero-order chi connectivity index (χ0) is 25.3. The quantitative estimate of drug-likeness (QED) is 0.182. The first-order valence-electron chi connectivity index (χ1n) is 9.18. The molecule has 0 radical (unpaired) electrons. The highest BCUT2D eigenvalue weighted by atomic mass is 79.9. The third-order valence-electron chi connectivity index (χ3n) is 3.32. The lowest BCUT2D eigenvalue weighted by Crippen LogP contribution is -1.90. The van der Waals surface area contributed by atoms with Crippen LogP contribution in [-0.2, 0) is 0 Å². The van der Waals surface area contributed by atoms with Crippen molar-refractivity contribution in [2.45, 2.75) is 21.8 Å². The van der Waals surface area contributed by atoms with Crippen molar-refractivity contribution >= 4 is 59.8 Å². The van der Waals surface area contributed by atoms with Crippen LogP contribution in [0, 0.1) is 30.2 Å². The van der Waals surface area contributed by atoms with E-state index in [1.165, 1.54) is 13.5 Å². The smallest absolute Gasteiger partial charge is 0.262 e. The van der Waals surface area contributed by atoms with E-state index in [-0.39, 0.29) is 18.8 Å². The van der Waals surface area contributed by atoms with Crippen molar-refractivity contribution in [1.29, 1.82) is 0 Å². The number of aromatic nitrogens is 1. The largest absolute Gasteiger partial charge is 0.362 e. The SMILES string of the molecule is C.CF.[2H]C.[2H]CF.[C-]#[N+]c1cc([N+](=O)[O-])c(C)cc1Br.[C-]#[N+]c1cc2[nH]ccc2cc1Br. The Morgan fingerprint density at radius 2 is 1.58 bits per heavy atom. The highest BCUT2D eigenvalue weighted by molar-refractivity contribution is 9.11. The molecular formula is C21H24Br2F2N4O2. The van der Waals surface area contributed by atoms with Gasteiger partial charge in [0.15, 0.2) is 0 Å². The lowest BCUT2D eigenvalue weighted by molar-refractivity contribution is -0.385. The van der Waals surface area contributed by atoms with Crippen LogP contribution >= 0.6 is 31.9 Å².